The topological polar surface area (TPSA) is 57.2 Å². The normalized spacial score (nSPS) is 17.0. The van der Waals surface area contributed by atoms with Crippen molar-refractivity contribution in [3.8, 4) is 11.5 Å². The molecule has 0 radical (unpaired) electrons. The van der Waals surface area contributed by atoms with Crippen molar-refractivity contribution < 1.29 is 23.7 Å². The van der Waals surface area contributed by atoms with Crippen LogP contribution in [-0.2, 0) is 20.9 Å². The molecule has 6 heteroatoms. The van der Waals surface area contributed by atoms with Crippen LogP contribution < -0.4 is 9.47 Å². The molecule has 2 aromatic carbocycles. The Morgan fingerprint density at radius 2 is 1.93 bits per heavy atom. The minimum Gasteiger partial charge on any atom is -0.493 e. The van der Waals surface area contributed by atoms with Gasteiger partial charge in [-0.2, -0.15) is 0 Å². The summed E-state index contributed by atoms with van der Waals surface area (Å²) < 4.78 is 22.5. The van der Waals surface area contributed by atoms with Crippen LogP contribution in [0.3, 0.4) is 0 Å². The van der Waals surface area contributed by atoms with Gasteiger partial charge in [0.2, 0.25) is 5.91 Å². The first-order valence-electron chi connectivity index (χ1n) is 8.95. The van der Waals surface area contributed by atoms with Crippen LogP contribution in [0.1, 0.15) is 17.2 Å². The highest BCUT2D eigenvalue weighted by atomic mass is 16.5. The Morgan fingerprint density at radius 1 is 1.11 bits per heavy atom. The zero-order chi connectivity index (χ0) is 19.1. The lowest BCUT2D eigenvalue weighted by atomic mass is 10.1. The maximum atomic E-state index is 11.6. The van der Waals surface area contributed by atoms with E-state index in [9.17, 15) is 4.79 Å². The van der Waals surface area contributed by atoms with Crippen molar-refractivity contribution in [1.29, 1.82) is 0 Å². The van der Waals surface area contributed by atoms with E-state index in [1.54, 1.807) is 19.1 Å². The largest absolute Gasteiger partial charge is 0.493 e. The van der Waals surface area contributed by atoms with Gasteiger partial charge < -0.3 is 23.8 Å². The smallest absolute Gasteiger partial charge is 0.248 e. The van der Waals surface area contributed by atoms with Gasteiger partial charge in [-0.3, -0.25) is 4.79 Å². The minimum absolute atomic E-state index is 0.00759. The van der Waals surface area contributed by atoms with Crippen molar-refractivity contribution in [2.45, 2.75) is 12.7 Å². The number of morpholine rings is 1. The molecule has 0 spiro atoms. The summed E-state index contributed by atoms with van der Waals surface area (Å²) in [6.07, 6.45) is -0.171. The third-order valence-corrected chi connectivity index (χ3v) is 4.43. The average molecular weight is 371 g/mol. The highest BCUT2D eigenvalue weighted by molar-refractivity contribution is 5.77. The van der Waals surface area contributed by atoms with Crippen molar-refractivity contribution in [2.75, 3.05) is 40.5 Å². The Labute approximate surface area is 159 Å². The summed E-state index contributed by atoms with van der Waals surface area (Å²) in [5, 5.41) is 0. The van der Waals surface area contributed by atoms with Crippen LogP contribution in [0.25, 0.3) is 0 Å². The maximum Gasteiger partial charge on any atom is 0.248 e. The quantitative estimate of drug-likeness (QED) is 0.668. The van der Waals surface area contributed by atoms with E-state index < -0.39 is 0 Å². The molecule has 1 amide bonds. The fourth-order valence-corrected chi connectivity index (χ4v) is 2.87. The number of hydrogen-bond acceptors (Lipinski definition) is 5. The molecule has 27 heavy (non-hydrogen) atoms. The van der Waals surface area contributed by atoms with E-state index in [-0.39, 0.29) is 18.6 Å². The molecule has 1 aliphatic rings. The van der Waals surface area contributed by atoms with Gasteiger partial charge in [-0.25, -0.2) is 0 Å². The number of carbonyl (C=O) groups excluding carboxylic acids is 1. The van der Waals surface area contributed by atoms with E-state index in [1.165, 1.54) is 0 Å². The molecule has 0 bridgehead atoms. The third kappa shape index (κ3) is 5.21. The molecule has 0 saturated carbocycles. The van der Waals surface area contributed by atoms with Crippen LogP contribution in [0, 0.1) is 0 Å². The summed E-state index contributed by atoms with van der Waals surface area (Å²) in [6.45, 7) is 2.05. The number of amides is 1. The van der Waals surface area contributed by atoms with E-state index in [0.29, 0.717) is 37.9 Å². The van der Waals surface area contributed by atoms with E-state index in [2.05, 4.69) is 0 Å². The molecule has 1 saturated heterocycles. The lowest BCUT2D eigenvalue weighted by Crippen LogP contribution is -2.40. The summed E-state index contributed by atoms with van der Waals surface area (Å²) in [5.74, 6) is 1.29. The van der Waals surface area contributed by atoms with Gasteiger partial charge in [-0.15, -0.1) is 0 Å². The molecule has 1 aliphatic heterocycles. The van der Waals surface area contributed by atoms with Crippen LogP contribution in [0.4, 0.5) is 0 Å². The predicted octanol–water partition coefficient (Wildman–Crippen LogP) is 2.82. The van der Waals surface area contributed by atoms with Gasteiger partial charge in [-0.1, -0.05) is 36.4 Å². The predicted molar refractivity (Wildman–Crippen MR) is 101 cm³/mol. The molecule has 6 nitrogen and oxygen atoms in total. The molecule has 0 aromatic heterocycles. The summed E-state index contributed by atoms with van der Waals surface area (Å²) in [4.78, 5) is 13.3. The Bertz CT molecular complexity index is 749. The molecule has 3 rings (SSSR count). The van der Waals surface area contributed by atoms with E-state index in [0.717, 1.165) is 11.1 Å². The molecule has 2 aromatic rings. The molecule has 1 heterocycles. The lowest BCUT2D eigenvalue weighted by Gasteiger charge is -2.30. The summed E-state index contributed by atoms with van der Waals surface area (Å²) in [6, 6.07) is 15.7. The van der Waals surface area contributed by atoms with Gasteiger partial charge in [0.25, 0.3) is 0 Å². The fourth-order valence-electron chi connectivity index (χ4n) is 2.87. The van der Waals surface area contributed by atoms with Crippen LogP contribution in [0.5, 0.6) is 11.5 Å². The van der Waals surface area contributed by atoms with Gasteiger partial charge in [-0.05, 0) is 23.3 Å². The third-order valence-electron chi connectivity index (χ3n) is 4.43. The van der Waals surface area contributed by atoms with Crippen LogP contribution in [0.2, 0.25) is 0 Å². The van der Waals surface area contributed by atoms with Crippen LogP contribution in [0.15, 0.2) is 48.5 Å². The second-order valence-electron chi connectivity index (χ2n) is 6.37. The Hall–Kier alpha value is -2.57. The molecule has 1 atom stereocenters. The second kappa shape index (κ2) is 9.39. The number of carbonyl (C=O) groups is 1. The molecule has 1 unspecified atom stereocenters. The zero-order valence-corrected chi connectivity index (χ0v) is 15.7. The van der Waals surface area contributed by atoms with Gasteiger partial charge in [0, 0.05) is 7.05 Å². The number of hydrogen-bond donors (Lipinski definition) is 0. The number of methoxy groups -OCH3 is 1. The Morgan fingerprint density at radius 3 is 2.67 bits per heavy atom. The standard InChI is InChI=1S/C21H25NO5/c1-22-13-20(27-15-21(22)23)17-8-9-18(24-2)19(12-17)26-11-10-25-14-16-6-4-3-5-7-16/h3-9,12,20H,10-11,13-15H2,1-2H3. The monoisotopic (exact) mass is 371 g/mol. The number of likely N-dealkylation sites (N-methyl/N-ethyl adjacent to an activating group) is 1. The first kappa shape index (κ1) is 19.2. The summed E-state index contributed by atoms with van der Waals surface area (Å²) >= 11 is 0. The van der Waals surface area contributed by atoms with Crippen molar-refractivity contribution in [3.63, 3.8) is 0 Å². The first-order chi connectivity index (χ1) is 13.2. The van der Waals surface area contributed by atoms with Crippen LogP contribution >= 0.6 is 0 Å². The van der Waals surface area contributed by atoms with E-state index in [1.807, 2.05) is 48.5 Å². The molecular weight excluding hydrogens is 346 g/mol. The molecule has 0 aliphatic carbocycles. The van der Waals surface area contributed by atoms with E-state index in [4.69, 9.17) is 18.9 Å². The number of benzene rings is 2. The average Bonchev–Trinajstić information content (AvgIpc) is 2.70. The van der Waals surface area contributed by atoms with Crippen molar-refractivity contribution in [2.24, 2.45) is 0 Å². The van der Waals surface area contributed by atoms with Crippen molar-refractivity contribution in [1.82, 2.24) is 4.90 Å². The van der Waals surface area contributed by atoms with Crippen molar-refractivity contribution in [3.05, 3.63) is 59.7 Å². The molecule has 1 fully saturated rings. The van der Waals surface area contributed by atoms with Gasteiger partial charge in [0.15, 0.2) is 11.5 Å². The summed E-state index contributed by atoms with van der Waals surface area (Å²) in [7, 11) is 3.39. The first-order valence-corrected chi connectivity index (χ1v) is 8.95. The number of ether oxygens (including phenoxy) is 4. The van der Waals surface area contributed by atoms with Crippen molar-refractivity contribution >= 4 is 5.91 Å². The fraction of sp³-hybridized carbons (Fsp3) is 0.381. The zero-order valence-electron chi connectivity index (χ0n) is 15.7. The molecule has 0 N–H and O–H groups in total. The summed E-state index contributed by atoms with van der Waals surface area (Å²) in [5.41, 5.74) is 2.08. The number of rotatable bonds is 8. The highest BCUT2D eigenvalue weighted by Crippen LogP contribution is 2.32. The molecule has 144 valence electrons. The maximum absolute atomic E-state index is 11.6. The van der Waals surface area contributed by atoms with Gasteiger partial charge in [0.1, 0.15) is 19.3 Å². The molecular formula is C21H25NO5. The second-order valence-corrected chi connectivity index (χ2v) is 6.37. The number of nitrogens with zero attached hydrogens (tertiary/aromatic N) is 1. The minimum atomic E-state index is -0.171. The van der Waals surface area contributed by atoms with Gasteiger partial charge >= 0.3 is 0 Å². The Kier molecular flexibility index (Phi) is 6.68. The van der Waals surface area contributed by atoms with Gasteiger partial charge in [0.05, 0.1) is 26.9 Å². The SMILES string of the molecule is COc1ccc(C2CN(C)C(=O)CO2)cc1OCCOCc1ccccc1. The highest BCUT2D eigenvalue weighted by Gasteiger charge is 2.25. The van der Waals surface area contributed by atoms with E-state index >= 15 is 0 Å². The Balaban J connectivity index is 1.55. The lowest BCUT2D eigenvalue weighted by molar-refractivity contribution is -0.147. The van der Waals surface area contributed by atoms with Crippen LogP contribution in [-0.4, -0.2) is 51.3 Å².